The largest absolute Gasteiger partial charge is 0.476 e. The van der Waals surface area contributed by atoms with Crippen LogP contribution in [0.15, 0.2) is 53.0 Å². The van der Waals surface area contributed by atoms with Crippen LogP contribution in [0.5, 0.6) is 5.75 Å². The minimum Gasteiger partial charge on any atom is -0.476 e. The Balaban J connectivity index is 1.86. The molecule has 0 aromatic heterocycles. The molecule has 1 unspecified atom stereocenters. The molecule has 6 nitrogen and oxygen atoms in total. The Morgan fingerprint density at radius 2 is 2.00 bits per heavy atom. The summed E-state index contributed by atoms with van der Waals surface area (Å²) in [6.07, 6.45) is 0.173. The van der Waals surface area contributed by atoms with Crippen LogP contribution < -0.4 is 14.4 Å². The molecule has 0 aliphatic carbocycles. The summed E-state index contributed by atoms with van der Waals surface area (Å²) in [5.41, 5.74) is 1.04. The third-order valence-electron chi connectivity index (χ3n) is 3.52. The van der Waals surface area contributed by atoms with Gasteiger partial charge in [-0.2, -0.15) is 0 Å². The molecule has 0 saturated carbocycles. The van der Waals surface area contributed by atoms with Gasteiger partial charge in [-0.05, 0) is 30.3 Å². The summed E-state index contributed by atoms with van der Waals surface area (Å²) >= 11 is 3.34. The highest BCUT2D eigenvalue weighted by Crippen LogP contribution is 2.34. The molecule has 24 heavy (non-hydrogen) atoms. The maximum atomic E-state index is 12.5. The van der Waals surface area contributed by atoms with Gasteiger partial charge >= 0.3 is 0 Å². The lowest BCUT2D eigenvalue weighted by atomic mass is 10.2. The molecule has 2 aromatic carbocycles. The molecular weight excluding hydrogens is 396 g/mol. The van der Waals surface area contributed by atoms with Crippen molar-refractivity contribution in [2.24, 2.45) is 0 Å². The zero-order valence-corrected chi connectivity index (χ0v) is 15.2. The molecule has 1 aliphatic rings. The number of hydrogen-bond donors (Lipinski definition) is 1. The van der Waals surface area contributed by atoms with Crippen LogP contribution in [-0.4, -0.2) is 33.2 Å². The van der Waals surface area contributed by atoms with Gasteiger partial charge in [0.2, 0.25) is 10.0 Å². The van der Waals surface area contributed by atoms with Crippen molar-refractivity contribution < 1.29 is 17.9 Å². The number of sulfonamides is 1. The molecule has 1 heterocycles. The van der Waals surface area contributed by atoms with Crippen molar-refractivity contribution in [1.29, 1.82) is 0 Å². The maximum Gasteiger partial charge on any atom is 0.267 e. The molecule has 0 radical (unpaired) electrons. The van der Waals surface area contributed by atoms with Crippen LogP contribution in [0.4, 0.5) is 11.4 Å². The predicted octanol–water partition coefficient (Wildman–Crippen LogP) is 2.61. The SMILES string of the molecule is CS(=O)(=O)N1CC(C(=O)Nc2cccc(Br)c2)Oc2ccccc21. The smallest absolute Gasteiger partial charge is 0.267 e. The minimum absolute atomic E-state index is 0.0737. The van der Waals surface area contributed by atoms with E-state index in [1.54, 1.807) is 42.5 Å². The topological polar surface area (TPSA) is 75.7 Å². The Hall–Kier alpha value is -2.06. The molecule has 8 heteroatoms. The highest BCUT2D eigenvalue weighted by molar-refractivity contribution is 9.10. The van der Waals surface area contributed by atoms with Crippen LogP contribution in [0.2, 0.25) is 0 Å². The standard InChI is InChI=1S/C16H15BrN2O4S/c1-24(21,22)19-10-15(23-14-8-3-2-7-13(14)19)16(20)18-12-6-4-5-11(17)9-12/h2-9,15H,10H2,1H3,(H,18,20). The molecule has 0 saturated heterocycles. The number of hydrogen-bond acceptors (Lipinski definition) is 4. The van der Waals surface area contributed by atoms with Crippen LogP contribution in [-0.2, 0) is 14.8 Å². The number of halogens is 1. The number of amides is 1. The van der Waals surface area contributed by atoms with Gasteiger partial charge in [-0.25, -0.2) is 8.42 Å². The molecule has 1 atom stereocenters. The van der Waals surface area contributed by atoms with E-state index in [0.29, 0.717) is 17.1 Å². The zero-order valence-electron chi connectivity index (χ0n) is 12.8. The summed E-state index contributed by atoms with van der Waals surface area (Å²) in [4.78, 5) is 12.5. The van der Waals surface area contributed by atoms with Gasteiger partial charge in [-0.15, -0.1) is 0 Å². The number of fused-ring (bicyclic) bond motifs is 1. The van der Waals surface area contributed by atoms with Crippen molar-refractivity contribution in [3.63, 3.8) is 0 Å². The van der Waals surface area contributed by atoms with E-state index in [1.807, 2.05) is 6.07 Å². The summed E-state index contributed by atoms with van der Waals surface area (Å²) in [5.74, 6) is -0.0418. The van der Waals surface area contributed by atoms with Crippen LogP contribution in [0.3, 0.4) is 0 Å². The molecule has 1 aliphatic heterocycles. The first-order valence-electron chi connectivity index (χ1n) is 7.14. The Bertz CT molecular complexity index is 885. The highest BCUT2D eigenvalue weighted by atomic mass is 79.9. The zero-order chi connectivity index (χ0) is 17.3. The normalized spacial score (nSPS) is 16.9. The lowest BCUT2D eigenvalue weighted by molar-refractivity contribution is -0.122. The predicted molar refractivity (Wildman–Crippen MR) is 95.8 cm³/mol. The number of rotatable bonds is 3. The monoisotopic (exact) mass is 410 g/mol. The third kappa shape index (κ3) is 3.54. The van der Waals surface area contributed by atoms with Gasteiger partial charge in [0.1, 0.15) is 5.75 Å². The molecule has 126 valence electrons. The number of carbonyl (C=O) groups excluding carboxylic acids is 1. The number of benzene rings is 2. The van der Waals surface area contributed by atoms with Gasteiger partial charge in [0.05, 0.1) is 18.5 Å². The van der Waals surface area contributed by atoms with Crippen LogP contribution in [0.1, 0.15) is 0 Å². The van der Waals surface area contributed by atoms with E-state index in [1.165, 1.54) is 4.31 Å². The number of nitrogens with zero attached hydrogens (tertiary/aromatic N) is 1. The second-order valence-corrected chi connectivity index (χ2v) is 8.19. The molecule has 1 N–H and O–H groups in total. The van der Waals surface area contributed by atoms with E-state index >= 15 is 0 Å². The summed E-state index contributed by atoms with van der Waals surface area (Å²) < 4.78 is 31.8. The van der Waals surface area contributed by atoms with Gasteiger partial charge in [0, 0.05) is 10.2 Å². The summed E-state index contributed by atoms with van der Waals surface area (Å²) in [6.45, 7) is -0.0737. The lowest BCUT2D eigenvalue weighted by Crippen LogP contribution is -2.48. The average Bonchev–Trinajstić information content (AvgIpc) is 2.53. The first-order chi connectivity index (χ1) is 11.3. The third-order valence-corrected chi connectivity index (χ3v) is 5.16. The molecule has 0 bridgehead atoms. The summed E-state index contributed by atoms with van der Waals surface area (Å²) in [6, 6.07) is 13.9. The van der Waals surface area contributed by atoms with Gasteiger partial charge in [0.15, 0.2) is 6.10 Å². The Morgan fingerprint density at radius 3 is 2.71 bits per heavy atom. The van der Waals surface area contributed by atoms with Crippen LogP contribution in [0.25, 0.3) is 0 Å². The number of ether oxygens (including phenoxy) is 1. The fourth-order valence-electron chi connectivity index (χ4n) is 2.44. The fraction of sp³-hybridized carbons (Fsp3) is 0.188. The van der Waals surface area contributed by atoms with E-state index in [0.717, 1.165) is 10.7 Å². The Labute approximate surface area is 148 Å². The van der Waals surface area contributed by atoms with Gasteiger partial charge in [-0.3, -0.25) is 9.10 Å². The number of nitrogens with one attached hydrogen (secondary N) is 1. The molecule has 2 aromatic rings. The van der Waals surface area contributed by atoms with E-state index in [4.69, 9.17) is 4.74 Å². The van der Waals surface area contributed by atoms with E-state index in [2.05, 4.69) is 21.2 Å². The van der Waals surface area contributed by atoms with Crippen molar-refractivity contribution in [2.75, 3.05) is 22.4 Å². The van der Waals surface area contributed by atoms with E-state index < -0.39 is 22.0 Å². The van der Waals surface area contributed by atoms with Crippen molar-refractivity contribution in [2.45, 2.75) is 6.10 Å². The maximum absolute atomic E-state index is 12.5. The minimum atomic E-state index is -3.52. The second kappa shape index (κ2) is 6.45. The van der Waals surface area contributed by atoms with E-state index in [9.17, 15) is 13.2 Å². The molecule has 1 amide bonds. The average molecular weight is 411 g/mol. The van der Waals surface area contributed by atoms with E-state index in [-0.39, 0.29) is 6.54 Å². The number of carbonyl (C=O) groups is 1. The van der Waals surface area contributed by atoms with Crippen molar-refractivity contribution in [1.82, 2.24) is 0 Å². The van der Waals surface area contributed by atoms with Gasteiger partial charge in [0.25, 0.3) is 5.91 Å². The fourth-order valence-corrected chi connectivity index (χ4v) is 3.76. The second-order valence-electron chi connectivity index (χ2n) is 5.37. The quantitative estimate of drug-likeness (QED) is 0.843. The van der Waals surface area contributed by atoms with Gasteiger partial charge in [-0.1, -0.05) is 34.1 Å². The first-order valence-corrected chi connectivity index (χ1v) is 9.78. The number of anilines is 2. The van der Waals surface area contributed by atoms with Gasteiger partial charge < -0.3 is 10.1 Å². The lowest BCUT2D eigenvalue weighted by Gasteiger charge is -2.33. The highest BCUT2D eigenvalue weighted by Gasteiger charge is 2.34. The summed E-state index contributed by atoms with van der Waals surface area (Å²) in [5, 5.41) is 2.74. The number of para-hydroxylation sites is 2. The van der Waals surface area contributed by atoms with Crippen molar-refractivity contribution >= 4 is 43.2 Å². The molecular formula is C16H15BrN2O4S. The molecule has 3 rings (SSSR count). The summed E-state index contributed by atoms with van der Waals surface area (Å²) in [7, 11) is -3.52. The Morgan fingerprint density at radius 1 is 1.25 bits per heavy atom. The van der Waals surface area contributed by atoms with Crippen LogP contribution in [0, 0.1) is 0 Å². The Kier molecular flexibility index (Phi) is 4.51. The van der Waals surface area contributed by atoms with Crippen molar-refractivity contribution in [3.05, 3.63) is 53.0 Å². The molecule has 0 spiro atoms. The first kappa shape index (κ1) is 16.8. The van der Waals surface area contributed by atoms with Crippen molar-refractivity contribution in [3.8, 4) is 5.75 Å². The van der Waals surface area contributed by atoms with Crippen LogP contribution >= 0.6 is 15.9 Å². The molecule has 0 fully saturated rings.